The zero-order valence-corrected chi connectivity index (χ0v) is 12.3. The second kappa shape index (κ2) is 5.62. The largest absolute Gasteiger partial charge is 0.398 e. The molecule has 0 aromatic heterocycles. The molecule has 0 radical (unpaired) electrons. The van der Waals surface area contributed by atoms with Gasteiger partial charge in [-0.15, -0.1) is 0 Å². The highest BCUT2D eigenvalue weighted by molar-refractivity contribution is 6.36. The van der Waals surface area contributed by atoms with Gasteiger partial charge in [0, 0.05) is 25.7 Å². The molecule has 2 saturated heterocycles. The molecule has 1 unspecified atom stereocenters. The molecule has 2 N–H and O–H groups in total. The maximum atomic E-state index is 12.6. The van der Waals surface area contributed by atoms with Crippen molar-refractivity contribution in [2.45, 2.75) is 25.3 Å². The highest BCUT2D eigenvalue weighted by atomic mass is 35.5. The van der Waals surface area contributed by atoms with Gasteiger partial charge in [-0.1, -0.05) is 24.1 Å². The van der Waals surface area contributed by atoms with Crippen molar-refractivity contribution < 1.29 is 4.79 Å². The number of nitrogens with zero attached hydrogens (tertiary/aromatic N) is 2. The number of piperidine rings is 1. The van der Waals surface area contributed by atoms with E-state index in [1.807, 2.05) is 4.90 Å². The number of hydrogen-bond donors (Lipinski definition) is 1. The van der Waals surface area contributed by atoms with Gasteiger partial charge in [0.2, 0.25) is 0 Å². The molecule has 2 aliphatic rings. The number of nitrogens with two attached hydrogens (primary N) is 1. The first-order valence-electron chi connectivity index (χ1n) is 7.24. The molecule has 0 spiro atoms. The van der Waals surface area contributed by atoms with E-state index in [4.69, 9.17) is 17.3 Å². The lowest BCUT2D eigenvalue weighted by Gasteiger charge is -2.44. The van der Waals surface area contributed by atoms with Gasteiger partial charge in [0.05, 0.1) is 16.3 Å². The van der Waals surface area contributed by atoms with Gasteiger partial charge in [0.25, 0.3) is 5.91 Å². The van der Waals surface area contributed by atoms with Gasteiger partial charge in [0.1, 0.15) is 0 Å². The van der Waals surface area contributed by atoms with E-state index in [9.17, 15) is 4.79 Å². The number of carbonyl (C=O) groups excluding carboxylic acids is 1. The third kappa shape index (κ3) is 2.50. The average molecular weight is 294 g/mol. The van der Waals surface area contributed by atoms with Crippen molar-refractivity contribution in [3.8, 4) is 0 Å². The van der Waals surface area contributed by atoms with Crippen LogP contribution >= 0.6 is 11.6 Å². The quantitative estimate of drug-likeness (QED) is 0.808. The summed E-state index contributed by atoms with van der Waals surface area (Å²) in [5.74, 6) is 0.00697. The van der Waals surface area contributed by atoms with E-state index in [2.05, 4.69) is 4.90 Å². The standard InChI is InChI=1S/C15H20ClN3O/c16-14-12(5-3-6-13(14)17)15(20)19-9-8-18-7-2-1-4-11(18)10-19/h3,5-6,11H,1-2,4,7-10,17H2. The number of fused-ring (bicyclic) bond motifs is 1. The Morgan fingerprint density at radius 1 is 1.25 bits per heavy atom. The van der Waals surface area contributed by atoms with Crippen LogP contribution in [0.4, 0.5) is 5.69 Å². The van der Waals surface area contributed by atoms with Crippen LogP contribution in [0.1, 0.15) is 29.6 Å². The summed E-state index contributed by atoms with van der Waals surface area (Å²) in [5.41, 5.74) is 6.77. The molecule has 1 aromatic rings. The number of piperazine rings is 1. The SMILES string of the molecule is Nc1cccc(C(=O)N2CCN3CCCCC3C2)c1Cl. The topological polar surface area (TPSA) is 49.6 Å². The van der Waals surface area contributed by atoms with Gasteiger partial charge >= 0.3 is 0 Å². The zero-order valence-electron chi connectivity index (χ0n) is 11.5. The third-order valence-corrected chi connectivity index (χ3v) is 4.81. The van der Waals surface area contributed by atoms with Gasteiger partial charge in [-0.3, -0.25) is 9.69 Å². The molecule has 5 heteroatoms. The Hall–Kier alpha value is -1.26. The van der Waals surface area contributed by atoms with Crippen LogP contribution in [0.25, 0.3) is 0 Å². The number of anilines is 1. The first-order valence-corrected chi connectivity index (χ1v) is 7.62. The van der Waals surface area contributed by atoms with Crippen LogP contribution < -0.4 is 5.73 Å². The number of nitrogen functional groups attached to an aromatic ring is 1. The molecule has 0 bridgehead atoms. The van der Waals surface area contributed by atoms with Crippen LogP contribution in [-0.2, 0) is 0 Å². The van der Waals surface area contributed by atoms with E-state index in [-0.39, 0.29) is 5.91 Å². The number of rotatable bonds is 1. The fourth-order valence-electron chi connectivity index (χ4n) is 3.23. The second-order valence-corrected chi connectivity index (χ2v) is 6.02. The van der Waals surface area contributed by atoms with E-state index < -0.39 is 0 Å². The Balaban J connectivity index is 1.76. The van der Waals surface area contributed by atoms with Crippen molar-refractivity contribution in [1.82, 2.24) is 9.80 Å². The predicted octanol–water partition coefficient (Wildman–Crippen LogP) is 2.23. The predicted molar refractivity (Wildman–Crippen MR) is 81.0 cm³/mol. The third-order valence-electron chi connectivity index (χ3n) is 4.38. The van der Waals surface area contributed by atoms with Crippen LogP contribution in [0, 0.1) is 0 Å². The Morgan fingerprint density at radius 3 is 2.95 bits per heavy atom. The lowest BCUT2D eigenvalue weighted by molar-refractivity contribution is 0.0372. The fourth-order valence-corrected chi connectivity index (χ4v) is 3.43. The monoisotopic (exact) mass is 293 g/mol. The molecule has 1 amide bonds. The van der Waals surface area contributed by atoms with E-state index in [1.54, 1.807) is 18.2 Å². The number of carbonyl (C=O) groups is 1. The molecule has 2 fully saturated rings. The molecule has 108 valence electrons. The summed E-state index contributed by atoms with van der Waals surface area (Å²) in [7, 11) is 0. The molecule has 0 aliphatic carbocycles. The molecule has 1 atom stereocenters. The van der Waals surface area contributed by atoms with Crippen molar-refractivity contribution in [3.05, 3.63) is 28.8 Å². The Labute approximate surface area is 124 Å². The molecule has 0 saturated carbocycles. The van der Waals surface area contributed by atoms with E-state index in [0.29, 0.717) is 22.3 Å². The normalized spacial score (nSPS) is 23.4. The van der Waals surface area contributed by atoms with Crippen molar-refractivity contribution in [2.24, 2.45) is 0 Å². The van der Waals surface area contributed by atoms with Crippen molar-refractivity contribution in [3.63, 3.8) is 0 Å². The van der Waals surface area contributed by atoms with E-state index >= 15 is 0 Å². The molecular weight excluding hydrogens is 274 g/mol. The minimum atomic E-state index is 0.00697. The lowest BCUT2D eigenvalue weighted by atomic mass is 9.99. The molecule has 2 heterocycles. The van der Waals surface area contributed by atoms with E-state index in [0.717, 1.165) is 19.6 Å². The molecular formula is C15H20ClN3O. The first kappa shape index (κ1) is 13.7. The Morgan fingerprint density at radius 2 is 2.10 bits per heavy atom. The van der Waals surface area contributed by atoms with Gasteiger partial charge in [-0.05, 0) is 31.5 Å². The fraction of sp³-hybridized carbons (Fsp3) is 0.533. The summed E-state index contributed by atoms with van der Waals surface area (Å²) in [6, 6.07) is 5.78. The van der Waals surface area contributed by atoms with Crippen LogP contribution in [0.3, 0.4) is 0 Å². The minimum Gasteiger partial charge on any atom is -0.398 e. The summed E-state index contributed by atoms with van der Waals surface area (Å²) in [6.07, 6.45) is 3.74. The summed E-state index contributed by atoms with van der Waals surface area (Å²) in [4.78, 5) is 17.0. The summed E-state index contributed by atoms with van der Waals surface area (Å²) in [5, 5.41) is 0.378. The smallest absolute Gasteiger partial charge is 0.255 e. The second-order valence-electron chi connectivity index (χ2n) is 5.65. The van der Waals surface area contributed by atoms with Crippen molar-refractivity contribution in [1.29, 1.82) is 0 Å². The Bertz CT molecular complexity index is 520. The maximum Gasteiger partial charge on any atom is 0.255 e. The van der Waals surface area contributed by atoms with Gasteiger partial charge in [-0.25, -0.2) is 0 Å². The van der Waals surface area contributed by atoms with E-state index in [1.165, 1.54) is 25.8 Å². The number of halogens is 1. The Kier molecular flexibility index (Phi) is 3.85. The van der Waals surface area contributed by atoms with Crippen molar-refractivity contribution in [2.75, 3.05) is 31.9 Å². The summed E-state index contributed by atoms with van der Waals surface area (Å²) < 4.78 is 0. The maximum absolute atomic E-state index is 12.6. The number of hydrogen-bond acceptors (Lipinski definition) is 3. The highest BCUT2D eigenvalue weighted by Crippen LogP contribution is 2.26. The highest BCUT2D eigenvalue weighted by Gasteiger charge is 2.31. The number of amides is 1. The molecule has 3 rings (SSSR count). The van der Waals surface area contributed by atoms with Crippen LogP contribution in [0.2, 0.25) is 5.02 Å². The molecule has 4 nitrogen and oxygen atoms in total. The first-order chi connectivity index (χ1) is 9.66. The van der Waals surface area contributed by atoms with Crippen molar-refractivity contribution >= 4 is 23.2 Å². The molecule has 20 heavy (non-hydrogen) atoms. The molecule has 2 aliphatic heterocycles. The zero-order chi connectivity index (χ0) is 14.1. The minimum absolute atomic E-state index is 0.00697. The molecule has 1 aromatic carbocycles. The van der Waals surface area contributed by atoms with Crippen LogP contribution in [-0.4, -0.2) is 47.9 Å². The van der Waals surface area contributed by atoms with Crippen LogP contribution in [0.5, 0.6) is 0 Å². The average Bonchev–Trinajstić information content (AvgIpc) is 2.49. The summed E-state index contributed by atoms with van der Waals surface area (Å²) >= 11 is 6.16. The van der Waals surface area contributed by atoms with Gasteiger partial charge < -0.3 is 10.6 Å². The van der Waals surface area contributed by atoms with Gasteiger partial charge in [0.15, 0.2) is 0 Å². The van der Waals surface area contributed by atoms with Crippen LogP contribution in [0.15, 0.2) is 18.2 Å². The summed E-state index contributed by atoms with van der Waals surface area (Å²) in [6.45, 7) is 3.73. The lowest BCUT2D eigenvalue weighted by Crippen LogP contribution is -2.56. The number of benzene rings is 1. The van der Waals surface area contributed by atoms with Gasteiger partial charge in [-0.2, -0.15) is 0 Å².